The van der Waals surface area contributed by atoms with Crippen LogP contribution >= 0.6 is 15.9 Å². The van der Waals surface area contributed by atoms with Gasteiger partial charge in [0.05, 0.1) is 5.69 Å². The summed E-state index contributed by atoms with van der Waals surface area (Å²) >= 11 is 3.85. The number of imide groups is 1. The van der Waals surface area contributed by atoms with Gasteiger partial charge in [0.25, 0.3) is 17.7 Å². The number of nitrogens with zero attached hydrogens (tertiary/aromatic N) is 1. The van der Waals surface area contributed by atoms with Crippen molar-refractivity contribution in [3.8, 4) is 0 Å². The van der Waals surface area contributed by atoms with Crippen LogP contribution in [0.15, 0.2) is 83.3 Å². The molecule has 0 saturated carbocycles. The van der Waals surface area contributed by atoms with Gasteiger partial charge in [0, 0.05) is 54.0 Å². The first-order valence-corrected chi connectivity index (χ1v) is 19.9. The number of carbonyl (C=O) groups is 4. The summed E-state index contributed by atoms with van der Waals surface area (Å²) < 4.78 is 0.671. The number of benzene rings is 7. The van der Waals surface area contributed by atoms with Crippen LogP contribution in [0.4, 0.5) is 11.4 Å². The lowest BCUT2D eigenvalue weighted by Gasteiger charge is -2.33. The largest absolute Gasteiger partial charge is 0.321 e. The van der Waals surface area contributed by atoms with Crippen LogP contribution in [0, 0.1) is 0 Å². The minimum atomic E-state index is -0.350. The lowest BCUT2D eigenvalue weighted by molar-refractivity contribution is 0.0891. The molecule has 1 aliphatic heterocycles. The van der Waals surface area contributed by atoms with Gasteiger partial charge in [0.2, 0.25) is 0 Å². The molecular formula is C48H43BrN2O4. The zero-order chi connectivity index (χ0) is 39.2. The quantitative estimate of drug-likeness (QED) is 0.0719. The van der Waals surface area contributed by atoms with E-state index in [0.29, 0.717) is 43.2 Å². The van der Waals surface area contributed by atoms with Crippen LogP contribution in [0.5, 0.6) is 0 Å². The Kier molecular flexibility index (Phi) is 8.92. The minimum Gasteiger partial charge on any atom is -0.321 e. The Bertz CT molecular complexity index is 2720. The number of fused-ring (bicyclic) bond motifs is 2. The molecule has 0 atom stereocenters. The molecule has 0 bridgehead atoms. The van der Waals surface area contributed by atoms with Gasteiger partial charge in [-0.05, 0) is 85.7 Å². The van der Waals surface area contributed by atoms with Gasteiger partial charge in [-0.3, -0.25) is 19.2 Å². The zero-order valence-electron chi connectivity index (χ0n) is 32.4. The molecule has 7 heteroatoms. The average molecular weight is 792 g/mol. The summed E-state index contributed by atoms with van der Waals surface area (Å²) in [5, 5.41) is 9.29. The first-order chi connectivity index (χ1) is 26.3. The van der Waals surface area contributed by atoms with E-state index in [1.807, 2.05) is 66.7 Å². The SMILES string of the molecule is CC(C)c1cccc(C(C)C)c1NC(=O)c1cc(Br)c2c3ccc4c5c(ccc(c6ccc(C=O)c1c62)c53)C(=O)N(c1c(C(C)C)cccc1C(C)C)C4=O. The van der Waals surface area contributed by atoms with Crippen molar-refractivity contribution in [1.29, 1.82) is 0 Å². The standard InChI is InChI=1S/C48H43BrN2O4/c1-23(2)28-11-9-12-29(24(3)4)44(28)50-46(53)37-21-38(49)42-34-18-20-36-41-35(19-17-32(40(34)41)33-16-15-27(22-52)39(37)43(33)42)47(54)51(48(36)55)45-30(25(5)6)13-10-14-31(45)26(7)8/h9-26H,1-8H3,(H,50,53). The number of hydrogen-bond donors (Lipinski definition) is 1. The van der Waals surface area contributed by atoms with Crippen LogP contribution in [0.3, 0.4) is 0 Å². The molecule has 276 valence electrons. The number of para-hydroxylation sites is 2. The monoisotopic (exact) mass is 790 g/mol. The highest BCUT2D eigenvalue weighted by Gasteiger charge is 2.38. The maximum absolute atomic E-state index is 14.7. The second-order valence-electron chi connectivity index (χ2n) is 16.0. The second-order valence-corrected chi connectivity index (χ2v) is 16.9. The summed E-state index contributed by atoms with van der Waals surface area (Å²) in [6, 6.07) is 25.1. The number of hydrogen-bond acceptors (Lipinski definition) is 4. The smallest absolute Gasteiger partial charge is 0.266 e. The lowest BCUT2D eigenvalue weighted by Crippen LogP contribution is -2.41. The van der Waals surface area contributed by atoms with Gasteiger partial charge in [-0.15, -0.1) is 0 Å². The van der Waals surface area contributed by atoms with Crippen molar-refractivity contribution in [2.45, 2.75) is 79.1 Å². The van der Waals surface area contributed by atoms with Gasteiger partial charge < -0.3 is 5.32 Å². The Morgan fingerprint density at radius 2 is 1.09 bits per heavy atom. The van der Waals surface area contributed by atoms with Gasteiger partial charge in [-0.25, -0.2) is 4.90 Å². The molecule has 0 aliphatic carbocycles. The molecule has 0 fully saturated rings. The van der Waals surface area contributed by atoms with Crippen LogP contribution < -0.4 is 10.2 Å². The van der Waals surface area contributed by atoms with E-state index in [-0.39, 0.29) is 41.4 Å². The Morgan fingerprint density at radius 3 is 1.62 bits per heavy atom. The number of rotatable bonds is 8. The Morgan fingerprint density at radius 1 is 0.600 bits per heavy atom. The first-order valence-electron chi connectivity index (χ1n) is 19.1. The van der Waals surface area contributed by atoms with E-state index in [9.17, 15) is 19.2 Å². The highest BCUT2D eigenvalue weighted by molar-refractivity contribution is 9.10. The van der Waals surface area contributed by atoms with Crippen molar-refractivity contribution < 1.29 is 19.2 Å². The molecule has 1 heterocycles. The molecule has 0 aromatic heterocycles. The molecular weight excluding hydrogens is 748 g/mol. The first kappa shape index (κ1) is 36.6. The Hall–Kier alpha value is -5.40. The third kappa shape index (κ3) is 5.42. The van der Waals surface area contributed by atoms with Crippen molar-refractivity contribution >= 4 is 94.4 Å². The molecule has 0 saturated heterocycles. The maximum atomic E-state index is 14.7. The normalized spacial score (nSPS) is 13.3. The van der Waals surface area contributed by atoms with Crippen molar-refractivity contribution in [1.82, 2.24) is 0 Å². The van der Waals surface area contributed by atoms with Gasteiger partial charge >= 0.3 is 0 Å². The van der Waals surface area contributed by atoms with Gasteiger partial charge in [0.15, 0.2) is 6.29 Å². The van der Waals surface area contributed by atoms with E-state index in [2.05, 4.69) is 76.6 Å². The fraction of sp³-hybridized carbons (Fsp3) is 0.250. The van der Waals surface area contributed by atoms with Crippen LogP contribution in [-0.2, 0) is 0 Å². The van der Waals surface area contributed by atoms with Gasteiger partial charge in [-0.1, -0.05) is 132 Å². The molecule has 1 aliphatic rings. The van der Waals surface area contributed by atoms with E-state index in [1.54, 1.807) is 12.1 Å². The number of amides is 3. The van der Waals surface area contributed by atoms with E-state index < -0.39 is 0 Å². The van der Waals surface area contributed by atoms with Crippen molar-refractivity contribution in [2.24, 2.45) is 0 Å². The summed E-state index contributed by atoms with van der Waals surface area (Å²) in [5.74, 6) is -0.480. The highest BCUT2D eigenvalue weighted by atomic mass is 79.9. The minimum absolute atomic E-state index is 0.0887. The lowest BCUT2D eigenvalue weighted by atomic mass is 9.82. The number of halogens is 1. The summed E-state index contributed by atoms with van der Waals surface area (Å²) in [6.45, 7) is 16.8. The Labute approximate surface area is 329 Å². The van der Waals surface area contributed by atoms with Crippen molar-refractivity contribution in [3.05, 3.63) is 128 Å². The average Bonchev–Trinajstić information content (AvgIpc) is 3.15. The molecule has 8 rings (SSSR count). The highest BCUT2D eigenvalue weighted by Crippen LogP contribution is 2.49. The molecule has 6 nitrogen and oxygen atoms in total. The Balaban J connectivity index is 1.38. The predicted octanol–water partition coefficient (Wildman–Crippen LogP) is 12.9. The predicted molar refractivity (Wildman–Crippen MR) is 229 cm³/mol. The number of carbonyl (C=O) groups excluding carboxylic acids is 4. The van der Waals surface area contributed by atoms with E-state index in [1.165, 1.54) is 4.90 Å². The van der Waals surface area contributed by atoms with E-state index in [0.717, 1.165) is 66.5 Å². The van der Waals surface area contributed by atoms with Gasteiger partial charge in [0.1, 0.15) is 0 Å². The fourth-order valence-corrected chi connectivity index (χ4v) is 9.43. The molecule has 3 amide bonds. The van der Waals surface area contributed by atoms with Crippen LogP contribution in [0.2, 0.25) is 0 Å². The maximum Gasteiger partial charge on any atom is 0.266 e. The molecule has 1 N–H and O–H groups in total. The number of anilines is 2. The topological polar surface area (TPSA) is 83.6 Å². The van der Waals surface area contributed by atoms with E-state index in [4.69, 9.17) is 0 Å². The van der Waals surface area contributed by atoms with E-state index >= 15 is 0 Å². The fourth-order valence-electron chi connectivity index (χ4n) is 8.79. The third-order valence-electron chi connectivity index (χ3n) is 11.4. The summed E-state index contributed by atoms with van der Waals surface area (Å²) in [6.07, 6.45) is 0.803. The van der Waals surface area contributed by atoms with Crippen molar-refractivity contribution in [3.63, 3.8) is 0 Å². The van der Waals surface area contributed by atoms with Gasteiger partial charge in [-0.2, -0.15) is 0 Å². The summed E-state index contributed by atoms with van der Waals surface area (Å²) in [4.78, 5) is 58.1. The molecule has 0 spiro atoms. The molecule has 0 unspecified atom stereocenters. The third-order valence-corrected chi connectivity index (χ3v) is 12.0. The number of aldehydes is 1. The second kappa shape index (κ2) is 13.4. The molecule has 55 heavy (non-hydrogen) atoms. The number of nitrogens with one attached hydrogen (secondary N) is 1. The molecule has 0 radical (unpaired) electrons. The summed E-state index contributed by atoms with van der Waals surface area (Å²) in [7, 11) is 0. The molecule has 7 aromatic carbocycles. The van der Waals surface area contributed by atoms with Crippen LogP contribution in [0.1, 0.15) is 143 Å². The zero-order valence-corrected chi connectivity index (χ0v) is 33.9. The van der Waals surface area contributed by atoms with Crippen LogP contribution in [-0.4, -0.2) is 24.0 Å². The van der Waals surface area contributed by atoms with Crippen molar-refractivity contribution in [2.75, 3.05) is 10.2 Å². The summed E-state index contributed by atoms with van der Waals surface area (Å²) in [5.41, 5.74) is 7.16. The molecule has 7 aromatic rings. The van der Waals surface area contributed by atoms with Crippen LogP contribution in [0.25, 0.3) is 43.1 Å².